The summed E-state index contributed by atoms with van der Waals surface area (Å²) in [4.78, 5) is 73.4. The Morgan fingerprint density at radius 1 is 0.257 bits per heavy atom. The molecule has 0 bridgehead atoms. The van der Waals surface area contributed by atoms with Crippen LogP contribution in [0.15, 0.2) is 0 Å². The molecule has 0 aliphatic carbocycles. The van der Waals surface area contributed by atoms with Crippen molar-refractivity contribution in [2.45, 2.75) is 503 Å². The second-order valence-corrected chi connectivity index (χ2v) is 35.7. The highest BCUT2D eigenvalue weighted by molar-refractivity contribution is 7.47. The van der Waals surface area contributed by atoms with Crippen molar-refractivity contribution in [3.8, 4) is 0 Å². The molecule has 4 unspecified atom stereocenters. The molecule has 0 rings (SSSR count). The number of aliphatic hydroxyl groups is 1. The first kappa shape index (κ1) is 107. The molecule has 0 spiro atoms. The monoisotopic (exact) mass is 1590 g/mol. The third-order valence-electron chi connectivity index (χ3n) is 21.9. The molecule has 0 radical (unpaired) electrons. The summed E-state index contributed by atoms with van der Waals surface area (Å²) >= 11 is 0. The van der Waals surface area contributed by atoms with Crippen LogP contribution in [0.1, 0.15) is 485 Å². The van der Waals surface area contributed by atoms with Crippen molar-refractivity contribution in [1.82, 2.24) is 0 Å². The van der Waals surface area contributed by atoms with Gasteiger partial charge in [0, 0.05) is 25.7 Å². The molecule has 0 fully saturated rings. The van der Waals surface area contributed by atoms with Crippen LogP contribution in [0.5, 0.6) is 0 Å². The van der Waals surface area contributed by atoms with Crippen LogP contribution in [0.4, 0.5) is 0 Å². The fourth-order valence-electron chi connectivity index (χ4n) is 14.1. The van der Waals surface area contributed by atoms with Crippen LogP contribution in [-0.4, -0.2) is 96.7 Å². The summed E-state index contributed by atoms with van der Waals surface area (Å²) in [7, 11) is -9.93. The van der Waals surface area contributed by atoms with Gasteiger partial charge in [0.25, 0.3) is 0 Å². The van der Waals surface area contributed by atoms with Gasteiger partial charge in [0.2, 0.25) is 0 Å². The van der Waals surface area contributed by atoms with Crippen LogP contribution in [0, 0.1) is 11.8 Å². The van der Waals surface area contributed by atoms with Crippen molar-refractivity contribution >= 4 is 39.5 Å². The summed E-state index contributed by atoms with van der Waals surface area (Å²) in [6, 6.07) is 0. The molecule has 109 heavy (non-hydrogen) atoms. The van der Waals surface area contributed by atoms with Crippen molar-refractivity contribution in [3.05, 3.63) is 0 Å². The maximum atomic E-state index is 13.2. The minimum Gasteiger partial charge on any atom is -0.462 e. The number of ether oxygens (including phenoxy) is 4. The number of carbonyl (C=O) groups is 4. The van der Waals surface area contributed by atoms with E-state index in [-0.39, 0.29) is 25.7 Å². The Labute approximate surface area is 670 Å². The van der Waals surface area contributed by atoms with E-state index in [1.54, 1.807) is 0 Å². The summed E-state index contributed by atoms with van der Waals surface area (Å²) in [6.07, 6.45) is 75.1. The number of carbonyl (C=O) groups excluding carboxylic acids is 4. The Hall–Kier alpha value is -1.94. The summed E-state index contributed by atoms with van der Waals surface area (Å²) < 4.78 is 69.0. The fourth-order valence-corrected chi connectivity index (χ4v) is 15.6. The Balaban J connectivity index is 5.22. The molecule has 17 nitrogen and oxygen atoms in total. The number of rotatable bonds is 89. The van der Waals surface area contributed by atoms with E-state index in [0.29, 0.717) is 25.7 Å². The van der Waals surface area contributed by atoms with Gasteiger partial charge in [-0.25, -0.2) is 9.13 Å². The second kappa shape index (κ2) is 81.2. The minimum absolute atomic E-state index is 0.107. The van der Waals surface area contributed by atoms with Gasteiger partial charge in [-0.3, -0.25) is 37.3 Å². The SMILES string of the molecule is CCCCCCCCCCCCCCCCCCCCCCCC(=O)O[C@H](COC(=O)CCCCCCCCCCCCCCCCCCCCCC)COP(=O)(O)OC[C@@H](O)COP(=O)(O)OC[C@@H](COC(=O)CCCCCCCCC(C)CC)OC(=O)CCCCCCCCCCCCCCCCC(C)CC. The lowest BCUT2D eigenvalue weighted by Gasteiger charge is -2.21. The van der Waals surface area contributed by atoms with Gasteiger partial charge in [0.15, 0.2) is 12.2 Å². The highest BCUT2D eigenvalue weighted by Crippen LogP contribution is 2.45. The molecule has 0 aliphatic rings. The summed E-state index contributed by atoms with van der Waals surface area (Å²) in [5.74, 6) is -0.523. The highest BCUT2D eigenvalue weighted by atomic mass is 31.2. The quantitative estimate of drug-likeness (QED) is 0.0222. The van der Waals surface area contributed by atoms with Gasteiger partial charge < -0.3 is 33.8 Å². The molecule has 0 saturated heterocycles. The topological polar surface area (TPSA) is 237 Å². The molecule has 0 heterocycles. The Kier molecular flexibility index (Phi) is 79.8. The molecular weight excluding hydrogens is 1410 g/mol. The lowest BCUT2D eigenvalue weighted by atomic mass is 9.99. The largest absolute Gasteiger partial charge is 0.472 e. The predicted molar refractivity (Wildman–Crippen MR) is 451 cm³/mol. The Morgan fingerprint density at radius 3 is 0.651 bits per heavy atom. The first-order valence-electron chi connectivity index (χ1n) is 46.6. The van der Waals surface area contributed by atoms with Gasteiger partial charge in [0.05, 0.1) is 26.4 Å². The van der Waals surface area contributed by atoms with Gasteiger partial charge in [-0.15, -0.1) is 0 Å². The molecule has 648 valence electrons. The van der Waals surface area contributed by atoms with Gasteiger partial charge in [0.1, 0.15) is 19.3 Å². The van der Waals surface area contributed by atoms with Crippen molar-refractivity contribution in [1.29, 1.82) is 0 Å². The molecule has 0 aromatic heterocycles. The first-order valence-corrected chi connectivity index (χ1v) is 49.6. The third kappa shape index (κ3) is 81.0. The minimum atomic E-state index is -4.97. The molecule has 0 aromatic rings. The van der Waals surface area contributed by atoms with Crippen LogP contribution >= 0.6 is 15.6 Å². The normalized spacial score (nSPS) is 14.2. The standard InChI is InChI=1S/C90H176O17P2/c1-7-11-13-15-17-19-21-23-25-27-29-31-33-35-37-42-46-50-54-62-68-74-89(94)106-85(78-100-87(92)72-66-60-53-49-45-41-36-34-32-30-28-26-24-22-20-18-16-14-12-8-2)80-104-108(96,97)102-76-84(91)77-103-109(98,99)105-81-86(79-101-88(93)73-67-61-57-56-59-65-71-83(6)10-4)107-90(95)75-69-63-55-51-47-43-39-38-40-44-48-52-58-64-70-82(5)9-3/h82-86,91H,7-81H2,1-6H3,(H,96,97)(H,98,99)/t82?,83?,84-,85-,86-/m1/s1. The summed E-state index contributed by atoms with van der Waals surface area (Å²) in [5, 5.41) is 10.7. The summed E-state index contributed by atoms with van der Waals surface area (Å²) in [6.45, 7) is 9.71. The van der Waals surface area contributed by atoms with Crippen LogP contribution in [-0.2, 0) is 65.4 Å². The molecule has 7 atom stereocenters. The molecule has 0 saturated carbocycles. The third-order valence-corrected chi connectivity index (χ3v) is 23.8. The maximum Gasteiger partial charge on any atom is 0.472 e. The van der Waals surface area contributed by atoms with Crippen LogP contribution in [0.3, 0.4) is 0 Å². The number of hydrogen-bond donors (Lipinski definition) is 3. The highest BCUT2D eigenvalue weighted by Gasteiger charge is 2.31. The summed E-state index contributed by atoms with van der Waals surface area (Å²) in [5.41, 5.74) is 0. The van der Waals surface area contributed by atoms with E-state index in [4.69, 9.17) is 37.0 Å². The molecule has 0 aliphatic heterocycles. The number of phosphoric ester groups is 2. The number of esters is 4. The smallest absolute Gasteiger partial charge is 0.462 e. The van der Waals surface area contributed by atoms with Gasteiger partial charge in [-0.1, -0.05) is 433 Å². The zero-order chi connectivity index (χ0) is 79.9. The number of phosphoric acid groups is 2. The predicted octanol–water partition coefficient (Wildman–Crippen LogP) is 27.8. The van der Waals surface area contributed by atoms with Crippen molar-refractivity contribution in [3.63, 3.8) is 0 Å². The van der Waals surface area contributed by atoms with Gasteiger partial charge >= 0.3 is 39.5 Å². The lowest BCUT2D eigenvalue weighted by Crippen LogP contribution is -2.30. The zero-order valence-electron chi connectivity index (χ0n) is 71.9. The van der Waals surface area contributed by atoms with Crippen molar-refractivity contribution in [2.24, 2.45) is 11.8 Å². The van der Waals surface area contributed by atoms with Crippen LogP contribution in [0.25, 0.3) is 0 Å². The van der Waals surface area contributed by atoms with E-state index in [2.05, 4.69) is 41.5 Å². The Bertz CT molecular complexity index is 2080. The first-order chi connectivity index (χ1) is 52.9. The van der Waals surface area contributed by atoms with Crippen molar-refractivity contribution in [2.75, 3.05) is 39.6 Å². The van der Waals surface area contributed by atoms with E-state index < -0.39 is 97.5 Å². The second-order valence-electron chi connectivity index (χ2n) is 32.8. The molecule has 19 heteroatoms. The number of aliphatic hydroxyl groups excluding tert-OH is 1. The average molecular weight is 1590 g/mol. The van der Waals surface area contributed by atoms with Gasteiger partial charge in [-0.05, 0) is 37.5 Å². The van der Waals surface area contributed by atoms with Crippen molar-refractivity contribution < 1.29 is 80.2 Å². The number of hydrogen-bond acceptors (Lipinski definition) is 15. The lowest BCUT2D eigenvalue weighted by molar-refractivity contribution is -0.161. The van der Waals surface area contributed by atoms with Crippen LogP contribution < -0.4 is 0 Å². The van der Waals surface area contributed by atoms with Gasteiger partial charge in [-0.2, -0.15) is 0 Å². The van der Waals surface area contributed by atoms with E-state index in [1.807, 2.05) is 0 Å². The fraction of sp³-hybridized carbons (Fsp3) is 0.956. The maximum absolute atomic E-state index is 13.2. The number of unbranched alkanes of at least 4 members (excludes halogenated alkanes) is 57. The van der Waals surface area contributed by atoms with E-state index in [0.717, 1.165) is 108 Å². The molecule has 0 amide bonds. The van der Waals surface area contributed by atoms with E-state index >= 15 is 0 Å². The molecular formula is C90H176O17P2. The Morgan fingerprint density at radius 2 is 0.440 bits per heavy atom. The van der Waals surface area contributed by atoms with E-state index in [9.17, 15) is 43.2 Å². The molecule has 0 aromatic carbocycles. The molecule has 3 N–H and O–H groups in total. The average Bonchev–Trinajstić information content (AvgIpc) is 0.899. The zero-order valence-corrected chi connectivity index (χ0v) is 73.7. The van der Waals surface area contributed by atoms with Crippen LogP contribution in [0.2, 0.25) is 0 Å². The van der Waals surface area contributed by atoms with E-state index in [1.165, 1.54) is 295 Å².